The predicted molar refractivity (Wildman–Crippen MR) is 148 cm³/mol. The first kappa shape index (κ1) is 23.5. The fourth-order valence-electron chi connectivity index (χ4n) is 5.49. The first-order valence-corrected chi connectivity index (χ1v) is 15.0. The number of thioether (sulfide) groups is 1. The van der Waals surface area contributed by atoms with E-state index >= 15 is 0 Å². The molecule has 1 saturated heterocycles. The molecule has 2 N–H and O–H groups in total. The van der Waals surface area contributed by atoms with Crippen LogP contribution in [0.4, 0.5) is 11.4 Å². The van der Waals surface area contributed by atoms with E-state index in [2.05, 4.69) is 40.4 Å². The number of fused-ring (bicyclic) bond motifs is 3. The van der Waals surface area contributed by atoms with Gasteiger partial charge in [0.05, 0.1) is 16.6 Å². The molecule has 3 aromatic carbocycles. The van der Waals surface area contributed by atoms with Gasteiger partial charge in [-0.1, -0.05) is 42.5 Å². The molecule has 0 saturated carbocycles. The number of allylic oxidation sites excluding steroid dienone is 2. The highest BCUT2D eigenvalue weighted by atomic mass is 32.2. The van der Waals surface area contributed by atoms with Gasteiger partial charge >= 0.3 is 0 Å². The second-order valence-corrected chi connectivity index (χ2v) is 12.7. The molecule has 3 atom stereocenters. The monoisotopic (exact) mass is 518 g/mol. The van der Waals surface area contributed by atoms with Crippen LogP contribution in [0.5, 0.6) is 5.75 Å². The number of anilines is 2. The number of nitrogens with one attached hydrogen (secondary N) is 2. The van der Waals surface area contributed by atoms with Crippen LogP contribution in [0.15, 0.2) is 77.7 Å². The topological polar surface area (TPSA) is 67.4 Å². The van der Waals surface area contributed by atoms with Crippen molar-refractivity contribution in [2.75, 3.05) is 21.5 Å². The Morgan fingerprint density at radius 3 is 2.53 bits per heavy atom. The minimum Gasteiger partial charge on any atom is -0.489 e. The fraction of sp³-hybridized carbons (Fsp3) is 0.310. The summed E-state index contributed by atoms with van der Waals surface area (Å²) in [5.41, 5.74) is 5.69. The van der Waals surface area contributed by atoms with Crippen LogP contribution in [0.25, 0.3) is 0 Å². The van der Waals surface area contributed by atoms with Gasteiger partial charge in [-0.2, -0.15) is 11.8 Å². The van der Waals surface area contributed by atoms with Crippen molar-refractivity contribution >= 4 is 33.2 Å². The quantitative estimate of drug-likeness (QED) is 0.368. The minimum absolute atomic E-state index is 0.131. The average Bonchev–Trinajstić information content (AvgIpc) is 3.34. The molecule has 5 nitrogen and oxygen atoms in total. The van der Waals surface area contributed by atoms with Gasteiger partial charge in [-0.25, -0.2) is 8.42 Å². The Labute approximate surface area is 217 Å². The van der Waals surface area contributed by atoms with Crippen molar-refractivity contribution in [3.05, 3.63) is 95.1 Å². The number of benzene rings is 3. The smallest absolute Gasteiger partial charge is 0.261 e. The van der Waals surface area contributed by atoms with E-state index in [0.29, 0.717) is 17.7 Å². The Morgan fingerprint density at radius 1 is 1.00 bits per heavy atom. The summed E-state index contributed by atoms with van der Waals surface area (Å²) in [4.78, 5) is 0.289. The number of aryl methyl sites for hydroxylation is 2. The number of hydrogen-bond donors (Lipinski definition) is 2. The van der Waals surface area contributed by atoms with Gasteiger partial charge in [0.15, 0.2) is 0 Å². The second-order valence-electron chi connectivity index (χ2n) is 9.95. The molecule has 2 aliphatic heterocycles. The lowest BCUT2D eigenvalue weighted by atomic mass is 9.77. The Balaban J connectivity index is 1.30. The molecule has 3 aromatic rings. The highest BCUT2D eigenvalue weighted by Crippen LogP contribution is 2.50. The zero-order valence-electron chi connectivity index (χ0n) is 20.4. The molecule has 2 heterocycles. The maximum atomic E-state index is 13.4. The number of ether oxygens (including phenoxy) is 1. The van der Waals surface area contributed by atoms with E-state index in [9.17, 15) is 8.42 Å². The van der Waals surface area contributed by atoms with E-state index in [4.69, 9.17) is 4.74 Å². The van der Waals surface area contributed by atoms with Gasteiger partial charge in [-0.05, 0) is 78.8 Å². The molecular formula is C29H30N2O3S2. The predicted octanol–water partition coefficient (Wildman–Crippen LogP) is 6.42. The standard InChI is InChI=1S/C29H30N2O3S2/c1-18-6-3-7-19(2)28(18)31-36(32,33)23-12-13-27-26(15-23)24-10-5-11-25(24)29(30-27)20-8-4-9-21(14-20)34-22-16-35-17-22/h3-10,12-15,22,24-25,29-31H,11,16-17H2,1-2H3/t24?,25?,29-/m1/s1. The molecule has 0 bridgehead atoms. The Kier molecular flexibility index (Phi) is 6.00. The lowest BCUT2D eigenvalue weighted by molar-refractivity contribution is 0.240. The van der Waals surface area contributed by atoms with E-state index in [0.717, 1.165) is 46.1 Å². The van der Waals surface area contributed by atoms with Crippen molar-refractivity contribution in [1.29, 1.82) is 0 Å². The van der Waals surface area contributed by atoms with Gasteiger partial charge < -0.3 is 10.1 Å². The van der Waals surface area contributed by atoms with E-state index in [1.165, 1.54) is 5.56 Å². The summed E-state index contributed by atoms with van der Waals surface area (Å²) < 4.78 is 35.7. The number of rotatable bonds is 6. The summed E-state index contributed by atoms with van der Waals surface area (Å²) in [6, 6.07) is 19.8. The van der Waals surface area contributed by atoms with Crippen molar-refractivity contribution in [2.45, 2.75) is 43.2 Å². The van der Waals surface area contributed by atoms with Crippen LogP contribution >= 0.6 is 11.8 Å². The summed E-state index contributed by atoms with van der Waals surface area (Å²) in [5, 5.41) is 3.72. The largest absolute Gasteiger partial charge is 0.489 e. The average molecular weight is 519 g/mol. The van der Waals surface area contributed by atoms with Crippen molar-refractivity contribution in [3.63, 3.8) is 0 Å². The van der Waals surface area contributed by atoms with Crippen LogP contribution < -0.4 is 14.8 Å². The molecule has 1 aliphatic carbocycles. The zero-order valence-corrected chi connectivity index (χ0v) is 22.0. The molecule has 3 aliphatic rings. The molecule has 0 radical (unpaired) electrons. The van der Waals surface area contributed by atoms with Crippen molar-refractivity contribution < 1.29 is 13.2 Å². The number of hydrogen-bond acceptors (Lipinski definition) is 5. The van der Waals surface area contributed by atoms with Crippen LogP contribution in [-0.4, -0.2) is 26.0 Å². The molecule has 2 unspecified atom stereocenters. The maximum Gasteiger partial charge on any atom is 0.261 e. The van der Waals surface area contributed by atoms with Crippen molar-refractivity contribution in [3.8, 4) is 5.75 Å². The van der Waals surface area contributed by atoms with Gasteiger partial charge in [-0.3, -0.25) is 4.72 Å². The highest BCUT2D eigenvalue weighted by molar-refractivity contribution is 8.00. The SMILES string of the molecule is Cc1cccc(C)c1NS(=O)(=O)c1ccc2c(c1)C1C=CCC1[C@@H](c1cccc(OC3CSC3)c1)N2. The molecular weight excluding hydrogens is 488 g/mol. The van der Waals surface area contributed by atoms with E-state index < -0.39 is 10.0 Å². The normalized spacial score (nSPS) is 22.8. The molecule has 0 aromatic heterocycles. The lowest BCUT2D eigenvalue weighted by Gasteiger charge is -2.38. The maximum absolute atomic E-state index is 13.4. The van der Waals surface area contributed by atoms with E-state index in [1.54, 1.807) is 6.07 Å². The molecule has 0 spiro atoms. The van der Waals surface area contributed by atoms with Gasteiger partial charge in [0.25, 0.3) is 10.0 Å². The van der Waals surface area contributed by atoms with Crippen LogP contribution in [0.1, 0.15) is 40.6 Å². The van der Waals surface area contributed by atoms with E-state index in [1.807, 2.05) is 62.0 Å². The second kappa shape index (κ2) is 9.20. The third kappa shape index (κ3) is 4.28. The van der Waals surface area contributed by atoms with Crippen LogP contribution in [-0.2, 0) is 10.0 Å². The van der Waals surface area contributed by atoms with Gasteiger partial charge in [-0.15, -0.1) is 0 Å². The molecule has 7 heteroatoms. The van der Waals surface area contributed by atoms with E-state index in [-0.39, 0.29) is 16.9 Å². The summed E-state index contributed by atoms with van der Waals surface area (Å²) in [6.07, 6.45) is 5.72. The Bertz CT molecular complexity index is 1430. The van der Waals surface area contributed by atoms with Gasteiger partial charge in [0, 0.05) is 23.1 Å². The summed E-state index contributed by atoms with van der Waals surface area (Å²) in [6.45, 7) is 3.84. The van der Waals surface area contributed by atoms with Gasteiger partial charge in [0.1, 0.15) is 11.9 Å². The lowest BCUT2D eigenvalue weighted by Crippen LogP contribution is -2.31. The van der Waals surface area contributed by atoms with Gasteiger partial charge in [0.2, 0.25) is 0 Å². The Morgan fingerprint density at radius 2 is 1.78 bits per heavy atom. The van der Waals surface area contributed by atoms with Crippen molar-refractivity contribution in [1.82, 2.24) is 0 Å². The third-order valence-electron chi connectivity index (χ3n) is 7.49. The fourth-order valence-corrected chi connectivity index (χ4v) is 7.30. The molecule has 6 rings (SSSR count). The number of para-hydroxylation sites is 1. The minimum atomic E-state index is -3.72. The molecule has 186 valence electrons. The first-order valence-electron chi connectivity index (χ1n) is 12.4. The summed E-state index contributed by atoms with van der Waals surface area (Å²) in [5.74, 6) is 3.51. The third-order valence-corrected chi connectivity index (χ3v) is 10.1. The summed E-state index contributed by atoms with van der Waals surface area (Å²) >= 11 is 1.91. The van der Waals surface area contributed by atoms with Crippen molar-refractivity contribution in [2.24, 2.45) is 5.92 Å². The summed E-state index contributed by atoms with van der Waals surface area (Å²) in [7, 11) is -3.72. The molecule has 0 amide bonds. The molecule has 36 heavy (non-hydrogen) atoms. The number of sulfonamides is 1. The molecule has 1 fully saturated rings. The van der Waals surface area contributed by atoms with Crippen LogP contribution in [0, 0.1) is 19.8 Å². The highest BCUT2D eigenvalue weighted by Gasteiger charge is 2.38. The first-order chi connectivity index (χ1) is 17.4. The Hall–Kier alpha value is -2.90. The van der Waals surface area contributed by atoms with Crippen LogP contribution in [0.3, 0.4) is 0 Å². The zero-order chi connectivity index (χ0) is 24.9. The van der Waals surface area contributed by atoms with Crippen LogP contribution in [0.2, 0.25) is 0 Å².